The molecule has 2 rings (SSSR count). The zero-order valence-electron chi connectivity index (χ0n) is 17.7. The third-order valence-corrected chi connectivity index (χ3v) is 5.08. The second-order valence-corrected chi connectivity index (χ2v) is 7.82. The zero-order valence-corrected chi connectivity index (χ0v) is 20.1. The van der Waals surface area contributed by atoms with E-state index in [0.717, 1.165) is 84.2 Å². The molecule has 1 unspecified atom stereocenters. The van der Waals surface area contributed by atoms with Crippen LogP contribution in [0.25, 0.3) is 0 Å². The van der Waals surface area contributed by atoms with Crippen molar-refractivity contribution in [1.82, 2.24) is 15.5 Å². The number of guanidine groups is 1. The first-order valence-corrected chi connectivity index (χ1v) is 10.6. The number of hydrogen-bond donors (Lipinski definition) is 2. The molecule has 2 fully saturated rings. The van der Waals surface area contributed by atoms with Crippen LogP contribution in [0.1, 0.15) is 46.5 Å². The molecule has 0 aromatic rings. The SMILES string of the molecule is CCNC(=NCCCOCC1CCOC1)NC1CCN(C(=O)C(C)C)CC1.I. The molecule has 1 amide bonds. The molecule has 1 atom stereocenters. The van der Waals surface area contributed by atoms with Crippen molar-refractivity contribution in [3.63, 3.8) is 0 Å². The van der Waals surface area contributed by atoms with E-state index < -0.39 is 0 Å². The number of amides is 1. The Morgan fingerprint density at radius 1 is 1.29 bits per heavy atom. The van der Waals surface area contributed by atoms with Crippen LogP contribution in [0.3, 0.4) is 0 Å². The monoisotopic (exact) mass is 510 g/mol. The molecular weight excluding hydrogens is 471 g/mol. The van der Waals surface area contributed by atoms with Crippen LogP contribution >= 0.6 is 24.0 Å². The minimum atomic E-state index is 0. The van der Waals surface area contributed by atoms with Gasteiger partial charge >= 0.3 is 0 Å². The number of likely N-dealkylation sites (tertiary alicyclic amines) is 1. The topological polar surface area (TPSA) is 75.2 Å². The van der Waals surface area contributed by atoms with Gasteiger partial charge in [0.1, 0.15) is 0 Å². The Morgan fingerprint density at radius 2 is 2.04 bits per heavy atom. The van der Waals surface area contributed by atoms with Gasteiger partial charge in [0.25, 0.3) is 0 Å². The van der Waals surface area contributed by atoms with Gasteiger partial charge in [0.05, 0.1) is 13.2 Å². The molecule has 2 saturated heterocycles. The number of halogens is 1. The molecule has 7 nitrogen and oxygen atoms in total. The number of rotatable bonds is 9. The van der Waals surface area contributed by atoms with E-state index in [4.69, 9.17) is 9.47 Å². The Hall–Kier alpha value is -0.610. The number of nitrogens with zero attached hydrogens (tertiary/aromatic N) is 2. The van der Waals surface area contributed by atoms with Crippen molar-refractivity contribution in [2.45, 2.75) is 52.5 Å². The Bertz CT molecular complexity index is 462. The highest BCUT2D eigenvalue weighted by Gasteiger charge is 2.24. The summed E-state index contributed by atoms with van der Waals surface area (Å²) in [6.45, 7) is 12.5. The standard InChI is InChI=1S/C20H38N4O3.HI/c1-4-21-20(22-9-5-12-26-14-17-8-13-27-15-17)23-18-6-10-24(11-7-18)19(25)16(2)3;/h16-18H,4-15H2,1-3H3,(H2,21,22,23);1H. The molecule has 0 aromatic carbocycles. The van der Waals surface area contributed by atoms with Crippen molar-refractivity contribution in [3.8, 4) is 0 Å². The summed E-state index contributed by atoms with van der Waals surface area (Å²) in [5.74, 6) is 1.78. The van der Waals surface area contributed by atoms with E-state index >= 15 is 0 Å². The largest absolute Gasteiger partial charge is 0.381 e. The minimum absolute atomic E-state index is 0. The highest BCUT2D eigenvalue weighted by Crippen LogP contribution is 2.13. The van der Waals surface area contributed by atoms with Crippen molar-refractivity contribution in [3.05, 3.63) is 0 Å². The number of aliphatic imine (C=N–C) groups is 1. The summed E-state index contributed by atoms with van der Waals surface area (Å²) in [5, 5.41) is 6.84. The van der Waals surface area contributed by atoms with E-state index in [0.29, 0.717) is 12.0 Å². The molecular formula is C20H39IN4O3. The quantitative estimate of drug-likeness (QED) is 0.216. The van der Waals surface area contributed by atoms with Crippen LogP contribution < -0.4 is 10.6 Å². The van der Waals surface area contributed by atoms with Crippen LogP contribution in [0, 0.1) is 11.8 Å². The average molecular weight is 510 g/mol. The third-order valence-electron chi connectivity index (χ3n) is 5.08. The summed E-state index contributed by atoms with van der Waals surface area (Å²) < 4.78 is 11.1. The lowest BCUT2D eigenvalue weighted by Crippen LogP contribution is -2.50. The van der Waals surface area contributed by atoms with Crippen molar-refractivity contribution in [1.29, 1.82) is 0 Å². The van der Waals surface area contributed by atoms with Gasteiger partial charge in [0.15, 0.2) is 5.96 Å². The Kier molecular flexibility index (Phi) is 13.1. The highest BCUT2D eigenvalue weighted by molar-refractivity contribution is 14.0. The van der Waals surface area contributed by atoms with Crippen molar-refractivity contribution >= 4 is 35.8 Å². The van der Waals surface area contributed by atoms with E-state index in [1.54, 1.807) is 0 Å². The van der Waals surface area contributed by atoms with E-state index in [-0.39, 0.29) is 35.8 Å². The molecule has 0 aliphatic carbocycles. The van der Waals surface area contributed by atoms with Crippen LogP contribution in [0.15, 0.2) is 4.99 Å². The number of piperidine rings is 1. The normalized spacial score (nSPS) is 20.9. The van der Waals surface area contributed by atoms with E-state index in [9.17, 15) is 4.79 Å². The van der Waals surface area contributed by atoms with Crippen LogP contribution in [0.2, 0.25) is 0 Å². The summed E-state index contributed by atoms with van der Waals surface area (Å²) in [4.78, 5) is 18.7. The van der Waals surface area contributed by atoms with Gasteiger partial charge in [-0.2, -0.15) is 0 Å². The number of ether oxygens (including phenoxy) is 2. The Balaban J connectivity index is 0.00000392. The van der Waals surface area contributed by atoms with Gasteiger partial charge in [-0.25, -0.2) is 0 Å². The second-order valence-electron chi connectivity index (χ2n) is 7.82. The molecule has 8 heteroatoms. The van der Waals surface area contributed by atoms with Crippen LogP contribution in [0.5, 0.6) is 0 Å². The van der Waals surface area contributed by atoms with Gasteiger partial charge in [-0.1, -0.05) is 13.8 Å². The van der Waals surface area contributed by atoms with Gasteiger partial charge in [0, 0.05) is 57.3 Å². The number of hydrogen-bond acceptors (Lipinski definition) is 4. The van der Waals surface area contributed by atoms with Gasteiger partial charge < -0.3 is 25.0 Å². The lowest BCUT2D eigenvalue weighted by Gasteiger charge is -2.34. The van der Waals surface area contributed by atoms with Gasteiger partial charge in [0.2, 0.25) is 5.91 Å². The van der Waals surface area contributed by atoms with Crippen molar-refractivity contribution in [2.75, 3.05) is 52.6 Å². The first-order valence-electron chi connectivity index (χ1n) is 10.6. The van der Waals surface area contributed by atoms with Crippen LogP contribution in [-0.4, -0.2) is 75.4 Å². The zero-order chi connectivity index (χ0) is 19.5. The van der Waals surface area contributed by atoms with Crippen molar-refractivity contribution in [2.24, 2.45) is 16.8 Å². The van der Waals surface area contributed by atoms with Gasteiger partial charge in [-0.15, -0.1) is 24.0 Å². The third kappa shape index (κ3) is 9.26. The molecule has 2 N–H and O–H groups in total. The predicted octanol–water partition coefficient (Wildman–Crippen LogP) is 2.25. The Labute approximate surface area is 187 Å². The fraction of sp³-hybridized carbons (Fsp3) is 0.900. The summed E-state index contributed by atoms with van der Waals surface area (Å²) in [6, 6.07) is 0.373. The van der Waals surface area contributed by atoms with E-state index in [1.807, 2.05) is 18.7 Å². The number of carbonyl (C=O) groups excluding carboxylic acids is 1. The molecule has 0 aromatic heterocycles. The first-order chi connectivity index (χ1) is 13.1. The van der Waals surface area contributed by atoms with E-state index in [2.05, 4.69) is 22.5 Å². The molecule has 164 valence electrons. The molecule has 0 radical (unpaired) electrons. The lowest BCUT2D eigenvalue weighted by atomic mass is 10.0. The maximum Gasteiger partial charge on any atom is 0.225 e. The number of carbonyl (C=O) groups is 1. The lowest BCUT2D eigenvalue weighted by molar-refractivity contribution is -0.135. The summed E-state index contributed by atoms with van der Waals surface area (Å²) in [5.41, 5.74) is 0. The van der Waals surface area contributed by atoms with Crippen LogP contribution in [-0.2, 0) is 14.3 Å². The van der Waals surface area contributed by atoms with Crippen molar-refractivity contribution < 1.29 is 14.3 Å². The van der Waals surface area contributed by atoms with E-state index in [1.165, 1.54) is 0 Å². The van der Waals surface area contributed by atoms with Crippen LogP contribution in [0.4, 0.5) is 0 Å². The maximum absolute atomic E-state index is 12.1. The molecule has 2 heterocycles. The van der Waals surface area contributed by atoms with Gasteiger partial charge in [-0.3, -0.25) is 9.79 Å². The Morgan fingerprint density at radius 3 is 2.64 bits per heavy atom. The summed E-state index contributed by atoms with van der Waals surface area (Å²) >= 11 is 0. The molecule has 0 spiro atoms. The molecule has 0 saturated carbocycles. The fourth-order valence-electron chi connectivity index (χ4n) is 3.44. The highest BCUT2D eigenvalue weighted by atomic mass is 127. The summed E-state index contributed by atoms with van der Waals surface area (Å²) in [7, 11) is 0. The smallest absolute Gasteiger partial charge is 0.225 e. The predicted molar refractivity (Wildman–Crippen MR) is 123 cm³/mol. The summed E-state index contributed by atoms with van der Waals surface area (Å²) in [6.07, 6.45) is 3.98. The second kappa shape index (κ2) is 14.4. The fourth-order valence-corrected chi connectivity index (χ4v) is 3.44. The van der Waals surface area contributed by atoms with Gasteiger partial charge in [-0.05, 0) is 32.6 Å². The number of nitrogens with one attached hydrogen (secondary N) is 2. The minimum Gasteiger partial charge on any atom is -0.381 e. The molecule has 2 aliphatic rings. The molecule has 0 bridgehead atoms. The molecule has 28 heavy (non-hydrogen) atoms. The maximum atomic E-state index is 12.1. The first kappa shape index (κ1) is 25.4. The molecule has 2 aliphatic heterocycles. The average Bonchev–Trinajstić information content (AvgIpc) is 3.18.